The van der Waals surface area contributed by atoms with E-state index in [4.69, 9.17) is 9.72 Å². The molecule has 17 heteroatoms. The van der Waals surface area contributed by atoms with E-state index in [0.29, 0.717) is 69.1 Å². The molecule has 9 rings (SSSR count). The molecule has 0 radical (unpaired) electrons. The quantitative estimate of drug-likeness (QED) is 0.0689. The van der Waals surface area contributed by atoms with Gasteiger partial charge < -0.3 is 30.2 Å². The Hall–Kier alpha value is -5.15. The minimum Gasteiger partial charge on any atom is -0.494 e. The summed E-state index contributed by atoms with van der Waals surface area (Å²) in [6.45, 7) is 12.1. The molecular formula is C47H57BrN11O4P. The molecule has 4 fully saturated rings. The number of piperidine rings is 2. The van der Waals surface area contributed by atoms with Crippen molar-refractivity contribution in [2.24, 2.45) is 0 Å². The number of imide groups is 1. The maximum atomic E-state index is 13.5. The summed E-state index contributed by atoms with van der Waals surface area (Å²) in [5.74, 6) is 1.76. The number of hydrogen-bond acceptors (Lipinski definition) is 14. The Balaban J connectivity index is 0.777. The van der Waals surface area contributed by atoms with Crippen molar-refractivity contribution in [3.8, 4) is 5.75 Å². The van der Waals surface area contributed by atoms with Crippen molar-refractivity contribution >= 4 is 85.7 Å². The number of amides is 2. The molecule has 3 saturated heterocycles. The molecular weight excluding hydrogens is 893 g/mol. The fourth-order valence-corrected chi connectivity index (χ4v) is 11.6. The molecule has 1 saturated carbocycles. The highest BCUT2D eigenvalue weighted by atomic mass is 79.9. The van der Waals surface area contributed by atoms with Gasteiger partial charge in [0, 0.05) is 93.8 Å². The molecule has 3 aromatic carbocycles. The molecule has 4 aliphatic rings. The number of nitrogens with one attached hydrogen (secondary N) is 4. The summed E-state index contributed by atoms with van der Waals surface area (Å²) in [5.41, 5.74) is 7.45. The van der Waals surface area contributed by atoms with Gasteiger partial charge in [0.05, 0.1) is 33.8 Å². The predicted molar refractivity (Wildman–Crippen MR) is 258 cm³/mol. The van der Waals surface area contributed by atoms with Gasteiger partial charge in [-0.1, -0.05) is 19.1 Å². The molecule has 1 unspecified atom stereocenters. The molecule has 2 amide bonds. The van der Waals surface area contributed by atoms with Crippen LogP contribution in [0.2, 0.25) is 0 Å². The van der Waals surface area contributed by atoms with Crippen LogP contribution in [0.3, 0.4) is 0 Å². The van der Waals surface area contributed by atoms with Gasteiger partial charge in [0.15, 0.2) is 0 Å². The van der Waals surface area contributed by atoms with E-state index >= 15 is 0 Å². The van der Waals surface area contributed by atoms with Crippen molar-refractivity contribution in [2.45, 2.75) is 75.9 Å². The molecule has 5 aromatic rings. The maximum absolute atomic E-state index is 13.5. The highest BCUT2D eigenvalue weighted by molar-refractivity contribution is 9.10. The smallest absolute Gasteiger partial charge is 0.249 e. The van der Waals surface area contributed by atoms with Crippen molar-refractivity contribution in [2.75, 3.05) is 80.6 Å². The minimum absolute atomic E-state index is 0.195. The summed E-state index contributed by atoms with van der Waals surface area (Å²) in [7, 11) is -1.07. The number of carbonyl (C=O) groups excluding carboxylic acids is 2. The van der Waals surface area contributed by atoms with Crippen LogP contribution in [0.25, 0.3) is 11.0 Å². The molecule has 3 aliphatic heterocycles. The van der Waals surface area contributed by atoms with Gasteiger partial charge in [-0.15, -0.1) is 0 Å². The molecule has 5 heterocycles. The fraction of sp³-hybridized carbons (Fsp3) is 0.447. The Labute approximate surface area is 383 Å². The molecule has 1 atom stereocenters. The van der Waals surface area contributed by atoms with Gasteiger partial charge in [0.1, 0.15) is 30.3 Å². The van der Waals surface area contributed by atoms with Gasteiger partial charge in [-0.2, -0.15) is 4.98 Å². The Morgan fingerprint density at radius 3 is 2.27 bits per heavy atom. The number of nitrogens with zero attached hydrogens (tertiary/aromatic N) is 7. The predicted octanol–water partition coefficient (Wildman–Crippen LogP) is 7.24. The first-order chi connectivity index (χ1) is 30.9. The molecule has 4 N–H and O–H groups in total. The normalized spacial score (nSPS) is 21.3. The van der Waals surface area contributed by atoms with Crippen LogP contribution >= 0.6 is 23.1 Å². The van der Waals surface area contributed by atoms with Crippen LogP contribution in [0.5, 0.6) is 5.75 Å². The molecule has 1 aliphatic carbocycles. The third kappa shape index (κ3) is 9.47. The van der Waals surface area contributed by atoms with Crippen LogP contribution in [-0.2, 0) is 20.6 Å². The zero-order chi connectivity index (χ0) is 44.5. The number of hydrogen-bond donors (Lipinski definition) is 4. The standard InChI is InChI=1S/C47H57BrN11O4P/c1-5-29-26-39(54-47-51-28-35(48)45(56-47)53-37-11-10-36-43(50-17-16-49-36)44(37)64(3,4)62)41(63-2)27-40(29)59-18-14-33(15-19-59)57-20-22-58(23-21-57)34-24-31(25-34)30-6-8-32(9-7-30)52-38-12-13-42(60)55-46(38)61/h6-11,16-17,26-28,31,33-34,38,52H,5,12-15,18-25H2,1-4H3,(H,55,60,61)(H2,51,53,54,56)/t31-,34-,38?. The van der Waals surface area contributed by atoms with E-state index in [1.54, 1.807) is 39.0 Å². The first-order valence-electron chi connectivity index (χ1n) is 22.4. The number of halogens is 1. The van der Waals surface area contributed by atoms with Gasteiger partial charge in [-0.3, -0.25) is 34.7 Å². The van der Waals surface area contributed by atoms with Gasteiger partial charge in [-0.05, 0) is 115 Å². The van der Waals surface area contributed by atoms with Crippen molar-refractivity contribution in [1.29, 1.82) is 0 Å². The summed E-state index contributed by atoms with van der Waals surface area (Å²) in [5, 5.41) is 13.1. The lowest BCUT2D eigenvalue weighted by atomic mass is 9.75. The molecule has 15 nitrogen and oxygen atoms in total. The van der Waals surface area contributed by atoms with Crippen LogP contribution in [0, 0.1) is 0 Å². The summed E-state index contributed by atoms with van der Waals surface area (Å²) >= 11 is 3.61. The van der Waals surface area contributed by atoms with E-state index in [-0.39, 0.29) is 17.9 Å². The summed E-state index contributed by atoms with van der Waals surface area (Å²) < 4.78 is 20.2. The first-order valence-corrected chi connectivity index (χ1v) is 25.8. The van der Waals surface area contributed by atoms with E-state index in [1.165, 1.54) is 29.7 Å². The fourth-order valence-electron chi connectivity index (χ4n) is 9.87. The SMILES string of the molecule is CCc1cc(Nc2ncc(Br)c(Nc3ccc4nccnc4c3P(C)(C)=O)n2)c(OC)cc1N1CCC(N2CCN([C@H]3C[C@H](c4ccc(NC5CCC(=O)NC5=O)cc4)C3)CC2)CC1. The van der Waals surface area contributed by atoms with Crippen LogP contribution in [0.4, 0.5) is 34.5 Å². The van der Waals surface area contributed by atoms with Crippen molar-refractivity contribution < 1.29 is 18.9 Å². The third-order valence-corrected chi connectivity index (χ3v) is 15.5. The number of aromatic nitrogens is 4. The topological polar surface area (TPSA) is 170 Å². The Bertz CT molecular complexity index is 2570. The third-order valence-electron chi connectivity index (χ3n) is 13.4. The second-order valence-corrected chi connectivity index (χ2v) is 21.8. The number of piperazine rings is 1. The first kappa shape index (κ1) is 44.1. The molecule has 336 valence electrons. The Kier molecular flexibility index (Phi) is 12.9. The monoisotopic (exact) mass is 949 g/mol. The average Bonchev–Trinajstić information content (AvgIpc) is 3.28. The lowest BCUT2D eigenvalue weighted by molar-refractivity contribution is -0.133. The number of anilines is 6. The lowest BCUT2D eigenvalue weighted by Gasteiger charge is -2.49. The van der Waals surface area contributed by atoms with Crippen molar-refractivity contribution in [1.82, 2.24) is 35.1 Å². The number of rotatable bonds is 13. The number of ether oxygens (including phenoxy) is 1. The van der Waals surface area contributed by atoms with E-state index in [0.717, 1.165) is 75.7 Å². The minimum atomic E-state index is -2.77. The van der Waals surface area contributed by atoms with Crippen molar-refractivity contribution in [3.05, 3.63) is 82.7 Å². The summed E-state index contributed by atoms with van der Waals surface area (Å²) in [6.07, 6.45) is 11.3. The largest absolute Gasteiger partial charge is 0.494 e. The van der Waals surface area contributed by atoms with E-state index < -0.39 is 7.14 Å². The lowest BCUT2D eigenvalue weighted by Crippen LogP contribution is -2.57. The highest BCUT2D eigenvalue weighted by Crippen LogP contribution is 2.43. The van der Waals surface area contributed by atoms with E-state index in [9.17, 15) is 14.2 Å². The number of fused-ring (bicyclic) bond motifs is 1. The van der Waals surface area contributed by atoms with Crippen LogP contribution < -0.4 is 36.2 Å². The Morgan fingerprint density at radius 1 is 0.859 bits per heavy atom. The number of aryl methyl sites for hydroxylation is 1. The van der Waals surface area contributed by atoms with Crippen molar-refractivity contribution in [3.63, 3.8) is 0 Å². The number of methoxy groups -OCH3 is 1. The number of benzene rings is 3. The van der Waals surface area contributed by atoms with Crippen LogP contribution in [0.15, 0.2) is 71.6 Å². The van der Waals surface area contributed by atoms with Crippen LogP contribution in [-0.4, -0.2) is 119 Å². The van der Waals surface area contributed by atoms with Gasteiger partial charge in [-0.25, -0.2) is 4.98 Å². The van der Waals surface area contributed by atoms with Gasteiger partial charge in [0.25, 0.3) is 0 Å². The summed E-state index contributed by atoms with van der Waals surface area (Å²) in [6, 6.07) is 17.4. The zero-order valence-corrected chi connectivity index (χ0v) is 39.4. The number of carbonyl (C=O) groups is 2. The van der Waals surface area contributed by atoms with E-state index in [1.807, 2.05) is 12.1 Å². The second kappa shape index (κ2) is 18.8. The van der Waals surface area contributed by atoms with Gasteiger partial charge >= 0.3 is 0 Å². The molecule has 0 spiro atoms. The zero-order valence-electron chi connectivity index (χ0n) is 36.9. The van der Waals surface area contributed by atoms with Crippen LogP contribution in [0.1, 0.15) is 62.5 Å². The highest BCUT2D eigenvalue weighted by Gasteiger charge is 2.37. The van der Waals surface area contributed by atoms with Gasteiger partial charge in [0.2, 0.25) is 17.8 Å². The average molecular weight is 951 g/mol. The van der Waals surface area contributed by atoms with E-state index in [2.05, 4.69) is 110 Å². The Morgan fingerprint density at radius 2 is 1.58 bits per heavy atom. The molecule has 2 aromatic heterocycles. The second-order valence-electron chi connectivity index (χ2n) is 17.8. The summed E-state index contributed by atoms with van der Waals surface area (Å²) in [4.78, 5) is 49.9. The maximum Gasteiger partial charge on any atom is 0.249 e. The molecule has 0 bridgehead atoms. The molecule has 64 heavy (non-hydrogen) atoms.